The standard InChI is InChI=1S/C15H31N2O9P/c1-17(2,3)7-9-25-27(21,22)26-13-12-24-11-10-23-8-6-16-14(18)4-5-15(19)20/h4-13H2,1-3H3,(H2-,16,18,19,20,21,22)/p+1. The number of likely N-dealkylation sites (N-methyl/N-ethyl adjacent to an activating group) is 1. The van der Waals surface area contributed by atoms with Crippen LogP contribution in [0, 0.1) is 0 Å². The predicted octanol–water partition coefficient (Wildman–Crippen LogP) is -0.160. The molecule has 0 saturated heterocycles. The molecule has 0 radical (unpaired) electrons. The molecule has 0 fully saturated rings. The first-order valence-electron chi connectivity index (χ1n) is 8.58. The number of hydrogen-bond donors (Lipinski definition) is 3. The van der Waals surface area contributed by atoms with E-state index in [0.29, 0.717) is 11.0 Å². The first-order valence-corrected chi connectivity index (χ1v) is 10.1. The van der Waals surface area contributed by atoms with Gasteiger partial charge in [0, 0.05) is 13.0 Å². The fourth-order valence-corrected chi connectivity index (χ4v) is 2.26. The van der Waals surface area contributed by atoms with Gasteiger partial charge in [-0.05, 0) is 0 Å². The highest BCUT2D eigenvalue weighted by Crippen LogP contribution is 2.42. The second kappa shape index (κ2) is 14.0. The van der Waals surface area contributed by atoms with E-state index in [0.717, 1.165) is 0 Å². The molecule has 1 amide bonds. The van der Waals surface area contributed by atoms with Crippen LogP contribution in [0.4, 0.5) is 0 Å². The topological polar surface area (TPSA) is 141 Å². The molecule has 0 aromatic rings. The van der Waals surface area contributed by atoms with E-state index in [1.54, 1.807) is 0 Å². The second-order valence-corrected chi connectivity index (χ2v) is 8.07. The van der Waals surface area contributed by atoms with E-state index in [1.807, 2.05) is 21.1 Å². The van der Waals surface area contributed by atoms with Crippen LogP contribution >= 0.6 is 7.82 Å². The summed E-state index contributed by atoms with van der Waals surface area (Å²) in [5.41, 5.74) is 0. The van der Waals surface area contributed by atoms with Crippen molar-refractivity contribution in [3.8, 4) is 0 Å². The number of carbonyl (C=O) groups excluding carboxylic acids is 1. The lowest BCUT2D eigenvalue weighted by atomic mass is 10.3. The highest BCUT2D eigenvalue weighted by atomic mass is 31.2. The molecular formula is C15H32N2O9P+. The average molecular weight is 415 g/mol. The number of phosphoric ester groups is 1. The zero-order valence-electron chi connectivity index (χ0n) is 16.2. The summed E-state index contributed by atoms with van der Waals surface area (Å²) >= 11 is 0. The minimum absolute atomic E-state index is 0.0633. The molecule has 0 aromatic heterocycles. The molecule has 160 valence electrons. The van der Waals surface area contributed by atoms with E-state index in [2.05, 4.69) is 5.32 Å². The summed E-state index contributed by atoms with van der Waals surface area (Å²) < 4.78 is 32.2. The molecule has 11 nitrogen and oxygen atoms in total. The van der Waals surface area contributed by atoms with Crippen molar-refractivity contribution in [2.75, 3.05) is 73.9 Å². The quantitative estimate of drug-likeness (QED) is 0.168. The predicted molar refractivity (Wildman–Crippen MR) is 96.1 cm³/mol. The number of nitrogens with one attached hydrogen (secondary N) is 1. The number of phosphoric acid groups is 1. The molecule has 0 rings (SSSR count). The van der Waals surface area contributed by atoms with E-state index < -0.39 is 13.8 Å². The molecule has 0 bridgehead atoms. The van der Waals surface area contributed by atoms with Gasteiger partial charge in [0.25, 0.3) is 0 Å². The number of ether oxygens (including phenoxy) is 2. The van der Waals surface area contributed by atoms with Gasteiger partial charge in [0.15, 0.2) is 0 Å². The minimum Gasteiger partial charge on any atom is -0.481 e. The van der Waals surface area contributed by atoms with Gasteiger partial charge in [-0.2, -0.15) is 0 Å². The summed E-state index contributed by atoms with van der Waals surface area (Å²) in [4.78, 5) is 31.0. The molecule has 1 atom stereocenters. The highest BCUT2D eigenvalue weighted by molar-refractivity contribution is 7.47. The number of rotatable bonds is 17. The molecule has 0 heterocycles. The molecule has 0 aromatic carbocycles. The first kappa shape index (κ1) is 25.9. The van der Waals surface area contributed by atoms with Gasteiger partial charge in [0.2, 0.25) is 5.91 Å². The molecule has 0 spiro atoms. The number of quaternary nitrogens is 1. The Morgan fingerprint density at radius 3 is 2.07 bits per heavy atom. The molecule has 0 aliphatic rings. The minimum atomic E-state index is -4.07. The molecule has 0 saturated carbocycles. The molecular weight excluding hydrogens is 383 g/mol. The molecule has 0 aliphatic heterocycles. The second-order valence-electron chi connectivity index (χ2n) is 6.62. The van der Waals surface area contributed by atoms with Gasteiger partial charge in [-0.25, -0.2) is 4.57 Å². The Balaban J connectivity index is 3.47. The fraction of sp³-hybridized carbons (Fsp3) is 0.867. The number of nitrogens with zero attached hydrogens (tertiary/aromatic N) is 1. The summed E-state index contributed by atoms with van der Waals surface area (Å²) in [6.07, 6.45) is -0.267. The van der Waals surface area contributed by atoms with Crippen molar-refractivity contribution in [3.63, 3.8) is 0 Å². The van der Waals surface area contributed by atoms with Crippen LogP contribution in [0.3, 0.4) is 0 Å². The maximum Gasteiger partial charge on any atom is 0.472 e. The Kier molecular flexibility index (Phi) is 13.4. The van der Waals surface area contributed by atoms with Gasteiger partial charge >= 0.3 is 13.8 Å². The monoisotopic (exact) mass is 415 g/mol. The third-order valence-electron chi connectivity index (χ3n) is 3.01. The largest absolute Gasteiger partial charge is 0.481 e. The van der Waals surface area contributed by atoms with Crippen LogP contribution < -0.4 is 5.32 Å². The number of hydrogen-bond acceptors (Lipinski definition) is 7. The number of aliphatic carboxylic acids is 1. The Bertz CT molecular complexity index is 482. The van der Waals surface area contributed by atoms with E-state index in [1.165, 1.54) is 0 Å². The smallest absolute Gasteiger partial charge is 0.472 e. The zero-order valence-corrected chi connectivity index (χ0v) is 17.1. The molecule has 12 heteroatoms. The van der Waals surface area contributed by atoms with Gasteiger partial charge in [0.05, 0.1) is 60.6 Å². The van der Waals surface area contributed by atoms with Crippen molar-refractivity contribution >= 4 is 19.7 Å². The Morgan fingerprint density at radius 1 is 0.926 bits per heavy atom. The summed E-state index contributed by atoms with van der Waals surface area (Å²) in [6, 6.07) is 0. The third kappa shape index (κ3) is 19.5. The Morgan fingerprint density at radius 2 is 1.48 bits per heavy atom. The van der Waals surface area contributed by atoms with Crippen LogP contribution in [0.2, 0.25) is 0 Å². The first-order chi connectivity index (χ1) is 12.5. The summed E-state index contributed by atoms with van der Waals surface area (Å²) in [7, 11) is 1.75. The van der Waals surface area contributed by atoms with Crippen molar-refractivity contribution in [2.45, 2.75) is 12.8 Å². The lowest BCUT2D eigenvalue weighted by Gasteiger charge is -2.24. The maximum atomic E-state index is 11.6. The normalized spacial score (nSPS) is 13.9. The van der Waals surface area contributed by atoms with E-state index >= 15 is 0 Å². The number of amides is 1. The lowest BCUT2D eigenvalue weighted by Crippen LogP contribution is -2.37. The fourth-order valence-electron chi connectivity index (χ4n) is 1.57. The SMILES string of the molecule is C[N+](C)(C)CCOP(=O)(O)OCCOCCOCCNC(=O)CCC(=O)O. The molecule has 27 heavy (non-hydrogen) atoms. The third-order valence-corrected chi connectivity index (χ3v) is 4.02. The number of carboxylic acid groups (broad SMARTS) is 1. The van der Waals surface area contributed by atoms with Gasteiger partial charge in [-0.15, -0.1) is 0 Å². The highest BCUT2D eigenvalue weighted by Gasteiger charge is 2.22. The average Bonchev–Trinajstić information content (AvgIpc) is 2.53. The van der Waals surface area contributed by atoms with Crippen LogP contribution in [0.15, 0.2) is 0 Å². The van der Waals surface area contributed by atoms with E-state index in [9.17, 15) is 19.0 Å². The van der Waals surface area contributed by atoms with Crippen LogP contribution in [0.5, 0.6) is 0 Å². The molecule has 1 unspecified atom stereocenters. The number of carbonyl (C=O) groups is 2. The molecule has 3 N–H and O–H groups in total. The van der Waals surface area contributed by atoms with Crippen LogP contribution in [0.25, 0.3) is 0 Å². The van der Waals surface area contributed by atoms with Crippen LogP contribution in [-0.2, 0) is 32.7 Å². The Labute approximate surface area is 159 Å². The Hall–Kier alpha value is -1.07. The van der Waals surface area contributed by atoms with Crippen molar-refractivity contribution < 1.29 is 47.2 Å². The lowest BCUT2D eigenvalue weighted by molar-refractivity contribution is -0.870. The van der Waals surface area contributed by atoms with Gasteiger partial charge in [-0.3, -0.25) is 18.6 Å². The maximum absolute atomic E-state index is 11.6. The van der Waals surface area contributed by atoms with E-state index in [-0.39, 0.29) is 64.9 Å². The van der Waals surface area contributed by atoms with Gasteiger partial charge in [-0.1, -0.05) is 0 Å². The van der Waals surface area contributed by atoms with Crippen molar-refractivity contribution in [1.82, 2.24) is 5.32 Å². The van der Waals surface area contributed by atoms with Crippen molar-refractivity contribution in [1.29, 1.82) is 0 Å². The summed E-state index contributed by atoms with van der Waals surface area (Å²) in [5.74, 6) is -1.36. The van der Waals surface area contributed by atoms with Gasteiger partial charge < -0.3 is 29.3 Å². The van der Waals surface area contributed by atoms with Gasteiger partial charge in [0.1, 0.15) is 13.2 Å². The van der Waals surface area contributed by atoms with Crippen LogP contribution in [-0.4, -0.2) is 100 Å². The molecule has 0 aliphatic carbocycles. The summed E-state index contributed by atoms with van der Waals surface area (Å²) in [5, 5.41) is 11.0. The van der Waals surface area contributed by atoms with Crippen molar-refractivity contribution in [3.05, 3.63) is 0 Å². The summed E-state index contributed by atoms with van der Waals surface area (Å²) in [6.45, 7) is 1.79. The van der Waals surface area contributed by atoms with E-state index in [4.69, 9.17) is 23.6 Å². The number of carboxylic acids is 1. The van der Waals surface area contributed by atoms with Crippen LogP contribution in [0.1, 0.15) is 12.8 Å². The zero-order chi connectivity index (χ0) is 20.8. The van der Waals surface area contributed by atoms with Crippen molar-refractivity contribution in [2.24, 2.45) is 0 Å².